The largest absolute Gasteiger partial charge is 0.516 e. The van der Waals surface area contributed by atoms with Crippen LogP contribution in [0.15, 0.2) is 64.9 Å². The number of hydrogen-bond donors (Lipinski definition) is 0. The lowest BCUT2D eigenvalue weighted by molar-refractivity contribution is 0.0798. The number of alkyl halides is 2. The molecule has 0 aliphatic carbocycles. The van der Waals surface area contributed by atoms with E-state index in [9.17, 15) is 13.6 Å². The number of ether oxygens (including phenoxy) is 2. The number of benzene rings is 2. The smallest absolute Gasteiger partial charge is 0.281 e. The summed E-state index contributed by atoms with van der Waals surface area (Å²) in [6.45, 7) is -0.835. The van der Waals surface area contributed by atoms with Crippen LogP contribution < -0.4 is 15.0 Å². The molecule has 0 fully saturated rings. The number of nitrogens with zero attached hydrogens (tertiary/aromatic N) is 4. The van der Waals surface area contributed by atoms with Gasteiger partial charge < -0.3 is 9.47 Å². The molecule has 13 heteroatoms. The fraction of sp³-hybridized carbons (Fsp3) is 0.130. The first-order chi connectivity index (χ1) is 17.2. The summed E-state index contributed by atoms with van der Waals surface area (Å²) in [5.74, 6) is 0.211. The van der Waals surface area contributed by atoms with E-state index in [0.717, 1.165) is 10.2 Å². The number of pyridine rings is 1. The van der Waals surface area contributed by atoms with Crippen molar-refractivity contribution in [3.8, 4) is 28.4 Å². The van der Waals surface area contributed by atoms with Crippen molar-refractivity contribution in [2.75, 3.05) is 6.61 Å². The van der Waals surface area contributed by atoms with Crippen LogP contribution in [-0.4, -0.2) is 61.6 Å². The lowest BCUT2D eigenvalue weighted by Gasteiger charge is -2.23. The molecule has 3 aromatic heterocycles. The molecule has 0 aliphatic rings. The van der Waals surface area contributed by atoms with E-state index in [1.807, 2.05) is 6.07 Å². The minimum atomic E-state index is -2.68. The van der Waals surface area contributed by atoms with Crippen LogP contribution in [0.2, 0.25) is 0 Å². The summed E-state index contributed by atoms with van der Waals surface area (Å²) in [7, 11) is 16.5. The number of hydrogen-bond acceptors (Lipinski definition) is 7. The molecule has 0 saturated carbocycles. The Morgan fingerprint density at radius 1 is 1.03 bits per heavy atom. The van der Waals surface area contributed by atoms with Crippen molar-refractivity contribution in [1.82, 2.24) is 19.7 Å². The molecule has 0 unspecified atom stereocenters. The van der Waals surface area contributed by atoms with Gasteiger partial charge in [-0.3, -0.25) is 4.79 Å². The van der Waals surface area contributed by atoms with Gasteiger partial charge in [-0.05, 0) is 47.3 Å². The topological polar surface area (TPSA) is 79.1 Å². The molecule has 0 saturated heterocycles. The fourth-order valence-electron chi connectivity index (χ4n) is 3.59. The van der Waals surface area contributed by atoms with Gasteiger partial charge in [0, 0.05) is 6.07 Å². The molecule has 2 aromatic carbocycles. The van der Waals surface area contributed by atoms with Gasteiger partial charge in [0.05, 0.1) is 27.0 Å². The van der Waals surface area contributed by atoms with Crippen LogP contribution in [-0.2, 0) is 0 Å². The summed E-state index contributed by atoms with van der Waals surface area (Å²) in [4.78, 5) is 22.3. The van der Waals surface area contributed by atoms with Gasteiger partial charge in [0.25, 0.3) is 12.0 Å². The predicted molar refractivity (Wildman–Crippen MR) is 136 cm³/mol. The van der Waals surface area contributed by atoms with Gasteiger partial charge in [0.1, 0.15) is 40.3 Å². The third-order valence-electron chi connectivity index (χ3n) is 5.05. The minimum absolute atomic E-state index is 0.0618. The molecule has 172 valence electrons. The summed E-state index contributed by atoms with van der Waals surface area (Å²) in [6.07, 6.45) is -2.68. The Balaban J connectivity index is 1.69. The molecule has 6 radical (unpaired) electrons. The molecule has 7 nitrogen and oxygen atoms in total. The second kappa shape index (κ2) is 9.38. The number of rotatable bonds is 7. The van der Waals surface area contributed by atoms with Crippen LogP contribution >= 0.6 is 11.3 Å². The average Bonchev–Trinajstić information content (AvgIpc) is 3.30. The Kier molecular flexibility index (Phi) is 6.25. The number of halogens is 2. The van der Waals surface area contributed by atoms with Gasteiger partial charge in [-0.15, -0.1) is 11.3 Å². The molecule has 0 amide bonds. The van der Waals surface area contributed by atoms with E-state index in [1.54, 1.807) is 35.8 Å². The van der Waals surface area contributed by atoms with E-state index in [1.165, 1.54) is 34.2 Å². The SMILES string of the molecule is [B]C([B])([B])Oc1ccc(-c2c(=O)n(-c3ccc4ncsc4c3)nc3ccc(OCC(F)F)nc23)cc1. The van der Waals surface area contributed by atoms with Crippen molar-refractivity contribution in [2.24, 2.45) is 0 Å². The van der Waals surface area contributed by atoms with Crippen LogP contribution in [0.4, 0.5) is 8.78 Å². The molecule has 5 rings (SSSR count). The monoisotopic (exact) mass is 496 g/mol. The molecule has 3 heterocycles. The van der Waals surface area contributed by atoms with Gasteiger partial charge in [0.2, 0.25) is 5.88 Å². The Bertz CT molecular complexity index is 1620. The highest BCUT2D eigenvalue weighted by atomic mass is 32.1. The van der Waals surface area contributed by atoms with Crippen LogP contribution in [0.3, 0.4) is 0 Å². The van der Waals surface area contributed by atoms with Crippen LogP contribution in [0.1, 0.15) is 0 Å². The predicted octanol–water partition coefficient (Wildman–Crippen LogP) is 3.20. The first kappa shape index (κ1) is 24.0. The van der Waals surface area contributed by atoms with Gasteiger partial charge >= 0.3 is 0 Å². The maximum atomic E-state index is 13.7. The standard InChI is InChI=1S/C23H13B3F2N4O3S/c24-23(25,26)35-14-4-1-12(2-5-14)20-21-16(7-8-19(30-21)34-10-18(27)28)31-32(22(20)33)13-3-6-15-17(9-13)36-11-29-15/h1-9,11,18H,10H2. The Labute approximate surface area is 211 Å². The van der Waals surface area contributed by atoms with Crippen LogP contribution in [0, 0.1) is 0 Å². The van der Waals surface area contributed by atoms with Crippen LogP contribution in [0.5, 0.6) is 11.6 Å². The van der Waals surface area contributed by atoms with Crippen molar-refractivity contribution in [2.45, 2.75) is 11.7 Å². The zero-order chi connectivity index (χ0) is 25.4. The lowest BCUT2D eigenvalue weighted by atomic mass is 9.52. The minimum Gasteiger partial charge on any atom is -0.516 e. The lowest BCUT2D eigenvalue weighted by Crippen LogP contribution is -2.37. The average molecular weight is 496 g/mol. The molecule has 5 aromatic rings. The first-order valence-corrected chi connectivity index (χ1v) is 11.4. The second-order valence-electron chi connectivity index (χ2n) is 7.80. The fourth-order valence-corrected chi connectivity index (χ4v) is 4.30. The Morgan fingerprint density at radius 2 is 1.78 bits per heavy atom. The second-order valence-corrected chi connectivity index (χ2v) is 8.68. The Hall–Kier alpha value is -3.73. The summed E-state index contributed by atoms with van der Waals surface area (Å²) < 4.78 is 37.8. The highest BCUT2D eigenvalue weighted by Crippen LogP contribution is 2.28. The maximum Gasteiger partial charge on any atom is 0.281 e. The Morgan fingerprint density at radius 3 is 2.50 bits per heavy atom. The highest BCUT2D eigenvalue weighted by molar-refractivity contribution is 7.16. The summed E-state index contributed by atoms with van der Waals surface area (Å²) in [6, 6.07) is 14.6. The number of fused-ring (bicyclic) bond motifs is 2. The van der Waals surface area contributed by atoms with Crippen molar-refractivity contribution < 1.29 is 18.3 Å². The zero-order valence-electron chi connectivity index (χ0n) is 18.5. The molecule has 0 spiro atoms. The van der Waals surface area contributed by atoms with E-state index in [2.05, 4.69) is 15.1 Å². The number of thiazole rings is 1. The van der Waals surface area contributed by atoms with E-state index < -0.39 is 23.9 Å². The summed E-state index contributed by atoms with van der Waals surface area (Å²) >= 11 is 1.43. The highest BCUT2D eigenvalue weighted by Gasteiger charge is 2.19. The molecule has 0 N–H and O–H groups in total. The zero-order valence-corrected chi connectivity index (χ0v) is 19.3. The van der Waals surface area contributed by atoms with E-state index in [0.29, 0.717) is 16.8 Å². The van der Waals surface area contributed by atoms with Crippen LogP contribution in [0.25, 0.3) is 38.1 Å². The molecular weight excluding hydrogens is 483 g/mol. The maximum absolute atomic E-state index is 13.7. The van der Waals surface area contributed by atoms with Gasteiger partial charge in [-0.1, -0.05) is 12.1 Å². The van der Waals surface area contributed by atoms with E-state index in [4.69, 9.17) is 33.0 Å². The third kappa shape index (κ3) is 4.97. The van der Waals surface area contributed by atoms with Crippen molar-refractivity contribution in [3.63, 3.8) is 0 Å². The first-order valence-electron chi connectivity index (χ1n) is 10.5. The van der Waals surface area contributed by atoms with E-state index in [-0.39, 0.29) is 22.7 Å². The van der Waals surface area contributed by atoms with Gasteiger partial charge in [-0.2, -0.15) is 9.78 Å². The van der Waals surface area contributed by atoms with Gasteiger partial charge in [0.15, 0.2) is 6.61 Å². The van der Waals surface area contributed by atoms with Crippen molar-refractivity contribution in [3.05, 3.63) is 70.5 Å². The molecule has 0 aliphatic heterocycles. The van der Waals surface area contributed by atoms with Gasteiger partial charge in [-0.25, -0.2) is 18.7 Å². The summed E-state index contributed by atoms with van der Waals surface area (Å²) in [5, 5.41) is 2.59. The quantitative estimate of drug-likeness (QED) is 0.323. The molecular formula is C23H13B3F2N4O3S. The van der Waals surface area contributed by atoms with Crippen molar-refractivity contribution >= 4 is 56.1 Å². The van der Waals surface area contributed by atoms with Crippen molar-refractivity contribution in [1.29, 1.82) is 0 Å². The molecule has 0 atom stereocenters. The molecule has 36 heavy (non-hydrogen) atoms. The summed E-state index contributed by atoms with van der Waals surface area (Å²) in [5.41, 5.74) is 3.72. The van der Waals surface area contributed by atoms with E-state index >= 15 is 0 Å². The molecule has 0 bridgehead atoms. The number of aromatic nitrogens is 4. The third-order valence-corrected chi connectivity index (χ3v) is 5.85. The normalized spacial score (nSPS) is 11.9.